The standard InChI is InChI=1S/C19H32N2/c1-3-5-18-11-14-21(15-18)16-19-8-6-17(7-9-19)10-13-20-12-4-2/h6-9,18,20H,3-5,10-16H2,1-2H3. The van der Waals surface area contributed by atoms with Gasteiger partial charge >= 0.3 is 0 Å². The van der Waals surface area contributed by atoms with Gasteiger partial charge in [0.1, 0.15) is 0 Å². The van der Waals surface area contributed by atoms with Crippen molar-refractivity contribution in [3.05, 3.63) is 35.4 Å². The van der Waals surface area contributed by atoms with Crippen LogP contribution in [0.25, 0.3) is 0 Å². The molecule has 1 fully saturated rings. The summed E-state index contributed by atoms with van der Waals surface area (Å²) in [5.74, 6) is 0.943. The highest BCUT2D eigenvalue weighted by molar-refractivity contribution is 5.22. The van der Waals surface area contributed by atoms with Crippen LogP contribution in [0.15, 0.2) is 24.3 Å². The van der Waals surface area contributed by atoms with Crippen LogP contribution < -0.4 is 5.32 Å². The second-order valence-corrected chi connectivity index (χ2v) is 6.49. The fraction of sp³-hybridized carbons (Fsp3) is 0.684. The van der Waals surface area contributed by atoms with E-state index in [0.717, 1.165) is 32.0 Å². The van der Waals surface area contributed by atoms with Crippen LogP contribution in [0.5, 0.6) is 0 Å². The predicted octanol–water partition coefficient (Wildman–Crippen LogP) is 3.85. The van der Waals surface area contributed by atoms with Crippen molar-refractivity contribution in [2.75, 3.05) is 26.2 Å². The van der Waals surface area contributed by atoms with Gasteiger partial charge in [-0.1, -0.05) is 44.5 Å². The first-order valence-corrected chi connectivity index (χ1v) is 8.82. The minimum absolute atomic E-state index is 0.943. The van der Waals surface area contributed by atoms with Gasteiger partial charge in [0, 0.05) is 13.1 Å². The van der Waals surface area contributed by atoms with E-state index >= 15 is 0 Å². The van der Waals surface area contributed by atoms with Crippen LogP contribution in [0, 0.1) is 5.92 Å². The molecule has 118 valence electrons. The highest BCUT2D eigenvalue weighted by Crippen LogP contribution is 2.22. The van der Waals surface area contributed by atoms with E-state index in [1.54, 1.807) is 0 Å². The first-order chi connectivity index (χ1) is 10.3. The number of rotatable bonds is 9. The van der Waals surface area contributed by atoms with Crippen molar-refractivity contribution in [2.24, 2.45) is 5.92 Å². The molecule has 1 heterocycles. The zero-order chi connectivity index (χ0) is 14.9. The molecular formula is C19H32N2. The van der Waals surface area contributed by atoms with E-state index in [4.69, 9.17) is 0 Å². The molecule has 0 aromatic heterocycles. The Morgan fingerprint density at radius 2 is 1.81 bits per heavy atom. The average Bonchev–Trinajstić information content (AvgIpc) is 2.93. The maximum Gasteiger partial charge on any atom is 0.0233 e. The van der Waals surface area contributed by atoms with E-state index in [9.17, 15) is 0 Å². The first kappa shape index (κ1) is 16.5. The molecule has 0 amide bonds. The molecule has 0 saturated carbocycles. The molecule has 0 radical (unpaired) electrons. The van der Waals surface area contributed by atoms with Gasteiger partial charge in [0.15, 0.2) is 0 Å². The van der Waals surface area contributed by atoms with Crippen molar-refractivity contribution < 1.29 is 0 Å². The third-order valence-corrected chi connectivity index (χ3v) is 4.51. The number of nitrogens with zero attached hydrogens (tertiary/aromatic N) is 1. The van der Waals surface area contributed by atoms with Gasteiger partial charge in [0.2, 0.25) is 0 Å². The molecule has 21 heavy (non-hydrogen) atoms. The topological polar surface area (TPSA) is 15.3 Å². The Kier molecular flexibility index (Phi) is 7.25. The number of hydrogen-bond donors (Lipinski definition) is 1. The number of hydrogen-bond acceptors (Lipinski definition) is 2. The summed E-state index contributed by atoms with van der Waals surface area (Å²) < 4.78 is 0. The van der Waals surface area contributed by atoms with Crippen LogP contribution in [-0.2, 0) is 13.0 Å². The Balaban J connectivity index is 1.72. The van der Waals surface area contributed by atoms with Crippen LogP contribution in [0.1, 0.15) is 50.7 Å². The van der Waals surface area contributed by atoms with Crippen LogP contribution in [0.3, 0.4) is 0 Å². The van der Waals surface area contributed by atoms with Gasteiger partial charge in [-0.25, -0.2) is 0 Å². The van der Waals surface area contributed by atoms with Crippen LogP contribution in [0.2, 0.25) is 0 Å². The van der Waals surface area contributed by atoms with Crippen molar-refractivity contribution in [1.82, 2.24) is 10.2 Å². The number of nitrogens with one attached hydrogen (secondary N) is 1. The molecule has 1 aromatic rings. The van der Waals surface area contributed by atoms with Crippen LogP contribution in [-0.4, -0.2) is 31.1 Å². The summed E-state index contributed by atoms with van der Waals surface area (Å²) in [6, 6.07) is 9.26. The minimum Gasteiger partial charge on any atom is -0.316 e. The van der Waals surface area contributed by atoms with Crippen LogP contribution >= 0.6 is 0 Å². The number of benzene rings is 1. The molecular weight excluding hydrogens is 256 g/mol. The van der Waals surface area contributed by atoms with Crippen molar-refractivity contribution in [1.29, 1.82) is 0 Å². The quantitative estimate of drug-likeness (QED) is 0.694. The smallest absolute Gasteiger partial charge is 0.0233 e. The lowest BCUT2D eigenvalue weighted by atomic mass is 10.0. The van der Waals surface area contributed by atoms with Crippen molar-refractivity contribution in [2.45, 2.75) is 52.5 Å². The summed E-state index contributed by atoms with van der Waals surface area (Å²) in [6.45, 7) is 10.5. The molecule has 2 nitrogen and oxygen atoms in total. The van der Waals surface area contributed by atoms with E-state index < -0.39 is 0 Å². The highest BCUT2D eigenvalue weighted by Gasteiger charge is 2.21. The molecule has 2 heteroatoms. The molecule has 0 bridgehead atoms. The molecule has 2 rings (SSSR count). The summed E-state index contributed by atoms with van der Waals surface area (Å²) in [7, 11) is 0. The average molecular weight is 288 g/mol. The van der Waals surface area contributed by atoms with Crippen molar-refractivity contribution in [3.8, 4) is 0 Å². The van der Waals surface area contributed by atoms with Gasteiger partial charge in [-0.2, -0.15) is 0 Å². The Bertz CT molecular complexity index is 385. The molecule has 1 saturated heterocycles. The second kappa shape index (κ2) is 9.22. The lowest BCUT2D eigenvalue weighted by Gasteiger charge is -2.16. The van der Waals surface area contributed by atoms with Gasteiger partial charge in [-0.3, -0.25) is 4.90 Å². The van der Waals surface area contributed by atoms with Gasteiger partial charge in [-0.15, -0.1) is 0 Å². The van der Waals surface area contributed by atoms with E-state index in [1.165, 1.54) is 49.9 Å². The third kappa shape index (κ3) is 5.80. The Morgan fingerprint density at radius 1 is 1.05 bits per heavy atom. The summed E-state index contributed by atoms with van der Waals surface area (Å²) in [5.41, 5.74) is 2.92. The monoisotopic (exact) mass is 288 g/mol. The van der Waals surface area contributed by atoms with E-state index in [2.05, 4.69) is 48.3 Å². The molecule has 1 N–H and O–H groups in total. The fourth-order valence-electron chi connectivity index (χ4n) is 3.30. The molecule has 1 unspecified atom stereocenters. The maximum atomic E-state index is 3.47. The molecule has 1 aliphatic heterocycles. The molecule has 1 aliphatic rings. The highest BCUT2D eigenvalue weighted by atomic mass is 15.1. The van der Waals surface area contributed by atoms with Gasteiger partial charge in [0.05, 0.1) is 0 Å². The number of likely N-dealkylation sites (tertiary alicyclic amines) is 1. The van der Waals surface area contributed by atoms with Gasteiger partial charge in [-0.05, 0) is 62.4 Å². The van der Waals surface area contributed by atoms with Crippen molar-refractivity contribution in [3.63, 3.8) is 0 Å². The summed E-state index contributed by atoms with van der Waals surface area (Å²) >= 11 is 0. The maximum absolute atomic E-state index is 3.47. The Morgan fingerprint density at radius 3 is 2.52 bits per heavy atom. The molecule has 1 atom stereocenters. The lowest BCUT2D eigenvalue weighted by molar-refractivity contribution is 0.313. The molecule has 1 aromatic carbocycles. The largest absolute Gasteiger partial charge is 0.316 e. The van der Waals surface area contributed by atoms with Crippen LogP contribution in [0.4, 0.5) is 0 Å². The molecule has 0 aliphatic carbocycles. The van der Waals surface area contributed by atoms with Crippen molar-refractivity contribution >= 4 is 0 Å². The first-order valence-electron chi connectivity index (χ1n) is 8.82. The molecule has 0 spiro atoms. The summed E-state index contributed by atoms with van der Waals surface area (Å²) in [4.78, 5) is 2.62. The van der Waals surface area contributed by atoms with Gasteiger partial charge in [0.25, 0.3) is 0 Å². The normalized spacial score (nSPS) is 19.2. The van der Waals surface area contributed by atoms with E-state index in [0.29, 0.717) is 0 Å². The Labute approximate surface area is 130 Å². The van der Waals surface area contributed by atoms with Gasteiger partial charge < -0.3 is 5.32 Å². The summed E-state index contributed by atoms with van der Waals surface area (Å²) in [6.07, 6.45) is 6.49. The van der Waals surface area contributed by atoms with E-state index in [1.807, 2.05) is 0 Å². The zero-order valence-corrected chi connectivity index (χ0v) is 13.9. The third-order valence-electron chi connectivity index (χ3n) is 4.51. The zero-order valence-electron chi connectivity index (χ0n) is 13.9. The van der Waals surface area contributed by atoms with E-state index in [-0.39, 0.29) is 0 Å². The Hall–Kier alpha value is -0.860. The summed E-state index contributed by atoms with van der Waals surface area (Å²) in [5, 5.41) is 3.47. The minimum atomic E-state index is 0.943. The fourth-order valence-corrected chi connectivity index (χ4v) is 3.30. The predicted molar refractivity (Wildman–Crippen MR) is 91.6 cm³/mol. The SMILES string of the molecule is CCCNCCc1ccc(CN2CCC(CCC)C2)cc1. The second-order valence-electron chi connectivity index (χ2n) is 6.49. The lowest BCUT2D eigenvalue weighted by Crippen LogP contribution is -2.20.